The van der Waals surface area contributed by atoms with E-state index in [-0.39, 0.29) is 17.7 Å². The molecule has 1 saturated heterocycles. The van der Waals surface area contributed by atoms with Crippen molar-refractivity contribution in [2.75, 3.05) is 20.1 Å². The number of rotatable bonds is 4. The number of benzene rings is 1. The van der Waals surface area contributed by atoms with Gasteiger partial charge in [-0.05, 0) is 69.0 Å². The number of pyridine rings is 1. The molecule has 1 aliphatic heterocycles. The molecule has 1 aromatic heterocycles. The Kier molecular flexibility index (Phi) is 7.14. The summed E-state index contributed by atoms with van der Waals surface area (Å²) in [6.45, 7) is 3.30. The van der Waals surface area contributed by atoms with Crippen molar-refractivity contribution in [3.63, 3.8) is 0 Å². The van der Waals surface area contributed by atoms with Gasteiger partial charge in [-0.1, -0.05) is 30.9 Å². The van der Waals surface area contributed by atoms with E-state index in [1.165, 1.54) is 19.3 Å². The lowest BCUT2D eigenvalue weighted by Gasteiger charge is -2.34. The Morgan fingerprint density at radius 3 is 2.28 bits per heavy atom. The molecule has 5 nitrogen and oxygen atoms in total. The number of piperidine rings is 1. The molecule has 2 heterocycles. The molecule has 4 rings (SSSR count). The number of aryl methyl sites for hydroxylation is 1. The molecule has 0 N–H and O–H groups in total. The minimum Gasteiger partial charge on any atom is -0.339 e. The summed E-state index contributed by atoms with van der Waals surface area (Å²) < 4.78 is 0. The van der Waals surface area contributed by atoms with Crippen LogP contribution in [0.1, 0.15) is 83.0 Å². The predicted molar refractivity (Wildman–Crippen MR) is 127 cm³/mol. The number of hydrogen-bond acceptors (Lipinski definition) is 3. The number of aromatic nitrogens is 1. The van der Waals surface area contributed by atoms with Crippen molar-refractivity contribution in [1.29, 1.82) is 0 Å². The molecule has 1 aromatic carbocycles. The van der Waals surface area contributed by atoms with Gasteiger partial charge in [0.2, 0.25) is 0 Å². The first kappa shape index (κ1) is 22.8. The van der Waals surface area contributed by atoms with E-state index in [0.29, 0.717) is 29.7 Å². The molecule has 0 atom stereocenters. The zero-order valence-electron chi connectivity index (χ0n) is 19.0. The average Bonchev–Trinajstić information content (AvgIpc) is 2.84. The molecule has 0 unspecified atom stereocenters. The fraction of sp³-hybridized carbons (Fsp3) is 0.500. The Bertz CT molecular complexity index is 962. The van der Waals surface area contributed by atoms with Gasteiger partial charge in [0.05, 0.1) is 11.3 Å². The van der Waals surface area contributed by atoms with Crippen LogP contribution in [0.25, 0.3) is 0 Å². The van der Waals surface area contributed by atoms with Gasteiger partial charge in [0.25, 0.3) is 11.8 Å². The second-order valence-electron chi connectivity index (χ2n) is 9.17. The van der Waals surface area contributed by atoms with Crippen molar-refractivity contribution in [3.05, 3.63) is 63.9 Å². The van der Waals surface area contributed by atoms with Crippen LogP contribution >= 0.6 is 11.6 Å². The maximum absolute atomic E-state index is 13.4. The Hall–Kier alpha value is -2.40. The van der Waals surface area contributed by atoms with E-state index in [1.54, 1.807) is 24.3 Å². The highest BCUT2D eigenvalue weighted by atomic mass is 35.5. The first-order chi connectivity index (χ1) is 15.4. The number of likely N-dealkylation sites (tertiary alicyclic amines) is 1. The highest BCUT2D eigenvalue weighted by Gasteiger charge is 2.30. The van der Waals surface area contributed by atoms with Gasteiger partial charge in [-0.15, -0.1) is 0 Å². The monoisotopic (exact) mass is 453 g/mol. The van der Waals surface area contributed by atoms with Crippen molar-refractivity contribution in [2.24, 2.45) is 0 Å². The minimum absolute atomic E-state index is 0.0330. The zero-order chi connectivity index (χ0) is 22.7. The standard InChI is InChI=1S/C26H32ClN3O2/c1-18-8-13-23(26(32)29(2)22-6-4-3-5-7-22)24(28-18)19-14-16-30(17-15-19)25(31)20-9-11-21(27)12-10-20/h8-13,19,22H,3-7,14-17H2,1-2H3. The fourth-order valence-electron chi connectivity index (χ4n) is 5.02. The molecule has 2 aromatic rings. The van der Waals surface area contributed by atoms with Crippen molar-refractivity contribution in [1.82, 2.24) is 14.8 Å². The molecular formula is C26H32ClN3O2. The van der Waals surface area contributed by atoms with E-state index < -0.39 is 0 Å². The van der Waals surface area contributed by atoms with Gasteiger partial charge in [-0.3, -0.25) is 14.6 Å². The summed E-state index contributed by atoms with van der Waals surface area (Å²) >= 11 is 5.95. The number of carbonyl (C=O) groups excluding carboxylic acids is 2. The lowest BCUT2D eigenvalue weighted by atomic mass is 9.88. The van der Waals surface area contributed by atoms with Crippen LogP contribution in [0.15, 0.2) is 36.4 Å². The Balaban J connectivity index is 1.47. The van der Waals surface area contributed by atoms with Crippen molar-refractivity contribution in [3.8, 4) is 0 Å². The van der Waals surface area contributed by atoms with Crippen LogP contribution in [-0.2, 0) is 0 Å². The number of amides is 2. The van der Waals surface area contributed by atoms with Crippen LogP contribution < -0.4 is 0 Å². The van der Waals surface area contributed by atoms with Crippen molar-refractivity contribution >= 4 is 23.4 Å². The molecule has 0 spiro atoms. The van der Waals surface area contributed by atoms with Gasteiger partial charge in [-0.25, -0.2) is 0 Å². The lowest BCUT2D eigenvalue weighted by Crippen LogP contribution is -2.40. The molecule has 2 amide bonds. The van der Waals surface area contributed by atoms with Gasteiger partial charge in [-0.2, -0.15) is 0 Å². The number of carbonyl (C=O) groups is 2. The van der Waals surface area contributed by atoms with Crippen LogP contribution in [0.3, 0.4) is 0 Å². The fourth-order valence-corrected chi connectivity index (χ4v) is 5.15. The average molecular weight is 454 g/mol. The van der Waals surface area contributed by atoms with E-state index in [4.69, 9.17) is 16.6 Å². The summed E-state index contributed by atoms with van der Waals surface area (Å²) in [6, 6.07) is 11.3. The van der Waals surface area contributed by atoms with Crippen molar-refractivity contribution in [2.45, 2.75) is 63.8 Å². The van der Waals surface area contributed by atoms with Gasteiger partial charge in [0.15, 0.2) is 0 Å². The SMILES string of the molecule is Cc1ccc(C(=O)N(C)C2CCCCC2)c(C2CCN(C(=O)c3ccc(Cl)cc3)CC2)n1. The molecule has 0 bridgehead atoms. The normalized spacial score (nSPS) is 17.9. The molecule has 1 saturated carbocycles. The first-order valence-electron chi connectivity index (χ1n) is 11.7. The second kappa shape index (κ2) is 10.0. The van der Waals surface area contributed by atoms with Gasteiger partial charge < -0.3 is 9.80 Å². The topological polar surface area (TPSA) is 53.5 Å². The summed E-state index contributed by atoms with van der Waals surface area (Å²) in [5, 5.41) is 0.626. The minimum atomic E-state index is 0.0330. The van der Waals surface area contributed by atoms with E-state index in [0.717, 1.165) is 42.6 Å². The predicted octanol–water partition coefficient (Wildman–Crippen LogP) is 5.47. The summed E-state index contributed by atoms with van der Waals surface area (Å²) in [5.74, 6) is 0.299. The third kappa shape index (κ3) is 4.98. The molecule has 2 fully saturated rings. The molecule has 32 heavy (non-hydrogen) atoms. The molecule has 170 valence electrons. The Morgan fingerprint density at radius 1 is 0.969 bits per heavy atom. The highest BCUT2D eigenvalue weighted by Crippen LogP contribution is 2.32. The second-order valence-corrected chi connectivity index (χ2v) is 9.60. The molecular weight excluding hydrogens is 422 g/mol. The third-order valence-corrected chi connectivity index (χ3v) is 7.25. The molecule has 1 aliphatic carbocycles. The van der Waals surface area contributed by atoms with Crippen LogP contribution in [0, 0.1) is 6.92 Å². The summed E-state index contributed by atoms with van der Waals surface area (Å²) in [4.78, 5) is 34.9. The smallest absolute Gasteiger partial charge is 0.255 e. The van der Waals surface area contributed by atoms with E-state index in [9.17, 15) is 9.59 Å². The maximum Gasteiger partial charge on any atom is 0.255 e. The number of hydrogen-bond donors (Lipinski definition) is 0. The number of halogens is 1. The first-order valence-corrected chi connectivity index (χ1v) is 12.1. The van der Waals surface area contributed by atoms with E-state index in [1.807, 2.05) is 35.9 Å². The van der Waals surface area contributed by atoms with Crippen molar-refractivity contribution < 1.29 is 9.59 Å². The highest BCUT2D eigenvalue weighted by molar-refractivity contribution is 6.30. The van der Waals surface area contributed by atoms with Gasteiger partial charge in [0.1, 0.15) is 0 Å². The lowest BCUT2D eigenvalue weighted by molar-refractivity contribution is 0.0680. The summed E-state index contributed by atoms with van der Waals surface area (Å²) in [7, 11) is 1.94. The van der Waals surface area contributed by atoms with Gasteiger partial charge in [0, 0.05) is 48.4 Å². The maximum atomic E-state index is 13.4. The molecule has 2 aliphatic rings. The summed E-state index contributed by atoms with van der Waals surface area (Å²) in [5.41, 5.74) is 3.21. The van der Waals surface area contributed by atoms with E-state index in [2.05, 4.69) is 0 Å². The Morgan fingerprint density at radius 2 is 1.62 bits per heavy atom. The molecule has 0 radical (unpaired) electrons. The van der Waals surface area contributed by atoms with Crippen LogP contribution in [-0.4, -0.2) is 52.8 Å². The van der Waals surface area contributed by atoms with Crippen LogP contribution in [0.2, 0.25) is 5.02 Å². The van der Waals surface area contributed by atoms with Gasteiger partial charge >= 0.3 is 0 Å². The largest absolute Gasteiger partial charge is 0.339 e. The molecule has 6 heteroatoms. The van der Waals surface area contributed by atoms with Crippen LogP contribution in [0.4, 0.5) is 0 Å². The Labute approximate surface area is 195 Å². The quantitative estimate of drug-likeness (QED) is 0.616. The zero-order valence-corrected chi connectivity index (χ0v) is 19.8. The van der Waals surface area contributed by atoms with E-state index >= 15 is 0 Å². The van der Waals surface area contributed by atoms with Crippen LogP contribution in [0.5, 0.6) is 0 Å². The number of nitrogens with zero attached hydrogens (tertiary/aromatic N) is 3. The third-order valence-electron chi connectivity index (χ3n) is 7.00. The summed E-state index contributed by atoms with van der Waals surface area (Å²) in [6.07, 6.45) is 7.45.